The van der Waals surface area contributed by atoms with Gasteiger partial charge in [0.15, 0.2) is 0 Å². The number of benzene rings is 1. The van der Waals surface area contributed by atoms with Gasteiger partial charge < -0.3 is 4.57 Å². The number of aromatic nitrogens is 2. The van der Waals surface area contributed by atoms with Crippen molar-refractivity contribution in [3.8, 4) is 5.69 Å². The monoisotopic (exact) mass is 216 g/mol. The van der Waals surface area contributed by atoms with Crippen LogP contribution >= 0.6 is 0 Å². The lowest BCUT2D eigenvalue weighted by atomic mass is 10.2. The number of carbonyl (C=O) groups excluding carboxylic acids is 1. The third-order valence-corrected chi connectivity index (χ3v) is 2.27. The normalized spacial score (nSPS) is 10.1. The largest absolute Gasteiger partial charge is 0.306 e. The van der Waals surface area contributed by atoms with Crippen LogP contribution in [-0.2, 0) is 0 Å². The van der Waals surface area contributed by atoms with Gasteiger partial charge in [-0.2, -0.15) is 0 Å². The number of hydrogen-bond acceptors (Lipinski definition) is 3. The third-order valence-electron chi connectivity index (χ3n) is 2.27. The standard InChI is InChI=1S/C11H12N4O/c1-8-6-15(7-13-8)10-4-2-9(3-5-10)11(16)14-12/h2-7H,12H2,1H3,(H,14,16). The Morgan fingerprint density at radius 1 is 1.38 bits per heavy atom. The number of rotatable bonds is 2. The molecule has 0 radical (unpaired) electrons. The van der Waals surface area contributed by atoms with Crippen molar-refractivity contribution in [1.29, 1.82) is 0 Å². The number of carbonyl (C=O) groups is 1. The van der Waals surface area contributed by atoms with Gasteiger partial charge in [-0.15, -0.1) is 0 Å². The molecule has 0 aliphatic rings. The van der Waals surface area contributed by atoms with Gasteiger partial charge in [-0.25, -0.2) is 10.8 Å². The molecule has 5 heteroatoms. The van der Waals surface area contributed by atoms with Gasteiger partial charge in [0.05, 0.1) is 12.0 Å². The molecule has 0 aliphatic heterocycles. The van der Waals surface area contributed by atoms with E-state index in [0.717, 1.165) is 11.4 Å². The van der Waals surface area contributed by atoms with Crippen LogP contribution in [0.15, 0.2) is 36.8 Å². The zero-order valence-corrected chi connectivity index (χ0v) is 8.84. The average Bonchev–Trinajstić information content (AvgIpc) is 2.75. The van der Waals surface area contributed by atoms with E-state index < -0.39 is 0 Å². The topological polar surface area (TPSA) is 72.9 Å². The van der Waals surface area contributed by atoms with Crippen LogP contribution < -0.4 is 11.3 Å². The number of amides is 1. The van der Waals surface area contributed by atoms with E-state index in [4.69, 9.17) is 5.84 Å². The molecule has 5 nitrogen and oxygen atoms in total. The molecule has 3 N–H and O–H groups in total. The Morgan fingerprint density at radius 2 is 2.06 bits per heavy atom. The number of aryl methyl sites for hydroxylation is 1. The Bertz CT molecular complexity index is 501. The maximum Gasteiger partial charge on any atom is 0.265 e. The predicted octanol–water partition coefficient (Wildman–Crippen LogP) is 0.784. The summed E-state index contributed by atoms with van der Waals surface area (Å²) in [6, 6.07) is 7.11. The van der Waals surface area contributed by atoms with Crippen LogP contribution in [0.3, 0.4) is 0 Å². The molecule has 1 aromatic carbocycles. The smallest absolute Gasteiger partial charge is 0.265 e. The second-order valence-electron chi connectivity index (χ2n) is 3.44. The quantitative estimate of drug-likeness (QED) is 0.442. The predicted molar refractivity (Wildman–Crippen MR) is 60.0 cm³/mol. The minimum absolute atomic E-state index is 0.298. The highest BCUT2D eigenvalue weighted by molar-refractivity contribution is 5.93. The lowest BCUT2D eigenvalue weighted by Gasteiger charge is -2.03. The molecule has 1 heterocycles. The average molecular weight is 216 g/mol. The molecule has 2 aromatic rings. The lowest BCUT2D eigenvalue weighted by molar-refractivity contribution is 0.0953. The molecule has 0 saturated heterocycles. The summed E-state index contributed by atoms with van der Waals surface area (Å²) in [6.45, 7) is 1.92. The molecular weight excluding hydrogens is 204 g/mol. The van der Waals surface area contributed by atoms with E-state index in [1.807, 2.05) is 29.8 Å². The molecule has 0 aliphatic carbocycles. The first-order valence-corrected chi connectivity index (χ1v) is 4.82. The van der Waals surface area contributed by atoms with E-state index in [2.05, 4.69) is 10.4 Å². The molecule has 16 heavy (non-hydrogen) atoms. The van der Waals surface area contributed by atoms with Crippen LogP contribution in [0.2, 0.25) is 0 Å². The zero-order valence-electron chi connectivity index (χ0n) is 8.84. The fourth-order valence-corrected chi connectivity index (χ4v) is 1.43. The van der Waals surface area contributed by atoms with Gasteiger partial charge in [0, 0.05) is 17.4 Å². The summed E-state index contributed by atoms with van der Waals surface area (Å²) in [5, 5.41) is 0. The summed E-state index contributed by atoms with van der Waals surface area (Å²) in [7, 11) is 0. The fourth-order valence-electron chi connectivity index (χ4n) is 1.43. The van der Waals surface area contributed by atoms with Crippen molar-refractivity contribution in [2.75, 3.05) is 0 Å². The summed E-state index contributed by atoms with van der Waals surface area (Å²) >= 11 is 0. The van der Waals surface area contributed by atoms with E-state index >= 15 is 0 Å². The number of nitrogens with zero attached hydrogens (tertiary/aromatic N) is 2. The van der Waals surface area contributed by atoms with Crippen molar-refractivity contribution in [3.63, 3.8) is 0 Å². The van der Waals surface area contributed by atoms with Gasteiger partial charge in [-0.05, 0) is 31.2 Å². The van der Waals surface area contributed by atoms with Crippen molar-refractivity contribution in [2.45, 2.75) is 6.92 Å². The van der Waals surface area contributed by atoms with Crippen LogP contribution in [0.25, 0.3) is 5.69 Å². The van der Waals surface area contributed by atoms with Gasteiger partial charge in [-0.3, -0.25) is 10.2 Å². The highest BCUT2D eigenvalue weighted by atomic mass is 16.2. The summed E-state index contributed by atoms with van der Waals surface area (Å²) in [6.07, 6.45) is 3.64. The zero-order chi connectivity index (χ0) is 11.5. The molecule has 1 amide bonds. The van der Waals surface area contributed by atoms with Crippen LogP contribution in [0.1, 0.15) is 16.1 Å². The van der Waals surface area contributed by atoms with Crippen LogP contribution in [0, 0.1) is 6.92 Å². The van der Waals surface area contributed by atoms with Gasteiger partial charge in [0.2, 0.25) is 0 Å². The van der Waals surface area contributed by atoms with E-state index in [1.165, 1.54) is 0 Å². The first-order valence-electron chi connectivity index (χ1n) is 4.82. The fraction of sp³-hybridized carbons (Fsp3) is 0.0909. The molecule has 1 aromatic heterocycles. The number of nitrogens with two attached hydrogens (primary N) is 1. The summed E-state index contributed by atoms with van der Waals surface area (Å²) in [5.41, 5.74) is 4.52. The molecule has 0 atom stereocenters. The van der Waals surface area contributed by atoms with Gasteiger partial charge >= 0.3 is 0 Å². The van der Waals surface area contributed by atoms with Crippen molar-refractivity contribution in [1.82, 2.24) is 15.0 Å². The second-order valence-corrected chi connectivity index (χ2v) is 3.44. The Morgan fingerprint density at radius 3 is 2.56 bits per heavy atom. The van der Waals surface area contributed by atoms with Gasteiger partial charge in [-0.1, -0.05) is 0 Å². The molecular formula is C11H12N4O. The number of nitrogens with one attached hydrogen (secondary N) is 1. The molecule has 0 saturated carbocycles. The van der Waals surface area contributed by atoms with Crippen molar-refractivity contribution >= 4 is 5.91 Å². The Hall–Kier alpha value is -2.14. The summed E-state index contributed by atoms with van der Waals surface area (Å²) in [5.74, 6) is 4.74. The maximum atomic E-state index is 11.2. The van der Waals surface area contributed by atoms with Crippen molar-refractivity contribution in [2.24, 2.45) is 5.84 Å². The molecule has 0 fully saturated rings. The second kappa shape index (κ2) is 4.16. The molecule has 0 unspecified atom stereocenters. The first-order chi connectivity index (χ1) is 7.70. The Kier molecular flexibility index (Phi) is 2.70. The Labute approximate surface area is 92.9 Å². The third kappa shape index (κ3) is 1.94. The molecule has 2 rings (SSSR count). The van der Waals surface area contributed by atoms with Crippen LogP contribution in [0.5, 0.6) is 0 Å². The first kappa shape index (κ1) is 10.4. The minimum atomic E-state index is -0.298. The molecule has 0 spiro atoms. The summed E-state index contributed by atoms with van der Waals surface area (Å²) in [4.78, 5) is 15.3. The highest BCUT2D eigenvalue weighted by Gasteiger charge is 2.03. The minimum Gasteiger partial charge on any atom is -0.306 e. The number of nitrogen functional groups attached to an aromatic ring is 1. The Balaban J connectivity index is 2.29. The van der Waals surface area contributed by atoms with Crippen molar-refractivity contribution in [3.05, 3.63) is 48.0 Å². The van der Waals surface area contributed by atoms with Gasteiger partial charge in [0.25, 0.3) is 5.91 Å². The van der Waals surface area contributed by atoms with E-state index in [9.17, 15) is 4.79 Å². The number of imidazole rings is 1. The summed E-state index contributed by atoms with van der Waals surface area (Å²) < 4.78 is 1.89. The molecule has 0 bridgehead atoms. The van der Waals surface area contributed by atoms with E-state index in [-0.39, 0.29) is 5.91 Å². The number of hydrogen-bond donors (Lipinski definition) is 2. The van der Waals surface area contributed by atoms with Crippen LogP contribution in [0.4, 0.5) is 0 Å². The van der Waals surface area contributed by atoms with Crippen LogP contribution in [-0.4, -0.2) is 15.5 Å². The van der Waals surface area contributed by atoms with E-state index in [0.29, 0.717) is 5.56 Å². The lowest BCUT2D eigenvalue weighted by Crippen LogP contribution is -2.29. The number of hydrazine groups is 1. The highest BCUT2D eigenvalue weighted by Crippen LogP contribution is 2.10. The van der Waals surface area contributed by atoms with E-state index in [1.54, 1.807) is 18.5 Å². The van der Waals surface area contributed by atoms with Crippen molar-refractivity contribution < 1.29 is 4.79 Å². The van der Waals surface area contributed by atoms with Gasteiger partial charge in [0.1, 0.15) is 0 Å². The molecule has 82 valence electrons. The SMILES string of the molecule is Cc1cn(-c2ccc(C(=O)NN)cc2)cn1. The maximum absolute atomic E-state index is 11.2.